The van der Waals surface area contributed by atoms with Crippen LogP contribution in [-0.2, 0) is 0 Å². The summed E-state index contributed by atoms with van der Waals surface area (Å²) < 4.78 is 0. The highest BCUT2D eigenvalue weighted by molar-refractivity contribution is 5.53. The maximum Gasteiger partial charge on any atom is 0.269 e. The first kappa shape index (κ1) is 12.2. The number of hydrogen-bond acceptors (Lipinski definition) is 2. The van der Waals surface area contributed by atoms with Gasteiger partial charge in [-0.05, 0) is 24.1 Å². The van der Waals surface area contributed by atoms with Crippen molar-refractivity contribution in [3.8, 4) is 0 Å². The molecule has 0 saturated carbocycles. The van der Waals surface area contributed by atoms with Crippen molar-refractivity contribution in [2.24, 2.45) is 0 Å². The van der Waals surface area contributed by atoms with Gasteiger partial charge in [-0.2, -0.15) is 0 Å². The fourth-order valence-electron chi connectivity index (χ4n) is 1.22. The summed E-state index contributed by atoms with van der Waals surface area (Å²) >= 11 is 0. The quantitative estimate of drug-likeness (QED) is 0.425. The molecule has 0 saturated heterocycles. The summed E-state index contributed by atoms with van der Waals surface area (Å²) in [5.41, 5.74) is 1.09. The van der Waals surface area contributed by atoms with Gasteiger partial charge in [-0.15, -0.1) is 0 Å². The lowest BCUT2D eigenvalue weighted by Gasteiger charge is -1.92. The molecule has 0 unspecified atom stereocenters. The topological polar surface area (TPSA) is 43.1 Å². The van der Waals surface area contributed by atoms with Crippen LogP contribution in [0.4, 0.5) is 5.69 Å². The molecule has 1 aromatic rings. The number of nitro benzene ring substituents is 1. The SMILES string of the molecule is CCC/C=C/C=C\c1ccc([N+](=O)[O-])cc1. The van der Waals surface area contributed by atoms with E-state index in [1.807, 2.05) is 18.2 Å². The van der Waals surface area contributed by atoms with Gasteiger partial charge in [0.15, 0.2) is 0 Å². The highest BCUT2D eigenvalue weighted by Crippen LogP contribution is 2.12. The molecule has 0 heterocycles. The van der Waals surface area contributed by atoms with Crippen molar-refractivity contribution in [3.63, 3.8) is 0 Å². The van der Waals surface area contributed by atoms with Crippen LogP contribution in [0.3, 0.4) is 0 Å². The Balaban J connectivity index is 2.58. The second-order valence-electron chi connectivity index (χ2n) is 3.42. The van der Waals surface area contributed by atoms with Gasteiger partial charge in [0.1, 0.15) is 0 Å². The molecule has 0 spiro atoms. The van der Waals surface area contributed by atoms with Gasteiger partial charge < -0.3 is 0 Å². The third kappa shape index (κ3) is 4.09. The molecule has 1 aromatic carbocycles. The van der Waals surface area contributed by atoms with Crippen molar-refractivity contribution in [3.05, 3.63) is 58.2 Å². The first-order valence-corrected chi connectivity index (χ1v) is 5.31. The van der Waals surface area contributed by atoms with Gasteiger partial charge in [-0.1, -0.05) is 37.6 Å². The van der Waals surface area contributed by atoms with Gasteiger partial charge in [-0.25, -0.2) is 0 Å². The Morgan fingerprint density at radius 3 is 2.50 bits per heavy atom. The summed E-state index contributed by atoms with van der Waals surface area (Å²) in [6, 6.07) is 6.50. The predicted octanol–water partition coefficient (Wildman–Crippen LogP) is 3.96. The van der Waals surface area contributed by atoms with Gasteiger partial charge in [0.25, 0.3) is 5.69 Å². The first-order chi connectivity index (χ1) is 7.74. The van der Waals surface area contributed by atoms with Crippen LogP contribution in [-0.4, -0.2) is 4.92 Å². The summed E-state index contributed by atoms with van der Waals surface area (Å²) in [4.78, 5) is 10.0. The van der Waals surface area contributed by atoms with Gasteiger partial charge in [0.05, 0.1) is 4.92 Å². The molecular weight excluding hydrogens is 202 g/mol. The maximum atomic E-state index is 10.4. The van der Waals surface area contributed by atoms with E-state index in [2.05, 4.69) is 13.0 Å². The van der Waals surface area contributed by atoms with Crippen LogP contribution in [0.5, 0.6) is 0 Å². The Labute approximate surface area is 95.3 Å². The minimum Gasteiger partial charge on any atom is -0.258 e. The number of nitrogens with zero attached hydrogens (tertiary/aromatic N) is 1. The first-order valence-electron chi connectivity index (χ1n) is 5.31. The van der Waals surface area contributed by atoms with E-state index >= 15 is 0 Å². The van der Waals surface area contributed by atoms with Crippen LogP contribution in [0.25, 0.3) is 6.08 Å². The largest absolute Gasteiger partial charge is 0.269 e. The zero-order valence-electron chi connectivity index (χ0n) is 9.30. The summed E-state index contributed by atoms with van der Waals surface area (Å²) in [6.45, 7) is 2.13. The lowest BCUT2D eigenvalue weighted by atomic mass is 10.2. The molecule has 3 nitrogen and oxygen atoms in total. The summed E-state index contributed by atoms with van der Waals surface area (Å²) in [6.07, 6.45) is 10.2. The molecule has 0 aliphatic carbocycles. The smallest absolute Gasteiger partial charge is 0.258 e. The Morgan fingerprint density at radius 1 is 1.25 bits per heavy atom. The Morgan fingerprint density at radius 2 is 1.94 bits per heavy atom. The minimum atomic E-state index is -0.394. The van der Waals surface area contributed by atoms with E-state index in [4.69, 9.17) is 0 Å². The van der Waals surface area contributed by atoms with E-state index in [0.717, 1.165) is 18.4 Å². The van der Waals surface area contributed by atoms with Crippen molar-refractivity contribution in [2.45, 2.75) is 19.8 Å². The van der Waals surface area contributed by atoms with Crippen LogP contribution >= 0.6 is 0 Å². The second-order valence-corrected chi connectivity index (χ2v) is 3.42. The Kier molecular flexibility index (Phi) is 4.99. The van der Waals surface area contributed by atoms with Crippen LogP contribution in [0.1, 0.15) is 25.3 Å². The number of hydrogen-bond donors (Lipinski definition) is 0. The highest BCUT2D eigenvalue weighted by Gasteiger charge is 2.01. The van der Waals surface area contributed by atoms with Gasteiger partial charge in [0, 0.05) is 12.1 Å². The maximum absolute atomic E-state index is 10.4. The van der Waals surface area contributed by atoms with Crippen LogP contribution < -0.4 is 0 Å². The van der Waals surface area contributed by atoms with Crippen molar-refractivity contribution in [2.75, 3.05) is 0 Å². The van der Waals surface area contributed by atoms with Crippen molar-refractivity contribution >= 4 is 11.8 Å². The number of non-ortho nitro benzene ring substituents is 1. The van der Waals surface area contributed by atoms with E-state index in [9.17, 15) is 10.1 Å². The fraction of sp³-hybridized carbons (Fsp3) is 0.231. The normalized spacial score (nSPS) is 11.3. The highest BCUT2D eigenvalue weighted by atomic mass is 16.6. The van der Waals surface area contributed by atoms with Gasteiger partial charge in [0.2, 0.25) is 0 Å². The predicted molar refractivity (Wildman–Crippen MR) is 66.2 cm³/mol. The number of benzene rings is 1. The molecule has 1 rings (SSSR count). The third-order valence-corrected chi connectivity index (χ3v) is 2.10. The molecular formula is C13H15NO2. The number of unbranched alkanes of at least 4 members (excludes halogenated alkanes) is 1. The number of nitro groups is 1. The van der Waals surface area contributed by atoms with E-state index in [1.54, 1.807) is 12.1 Å². The Bertz CT molecular complexity index is 391. The summed E-state index contributed by atoms with van der Waals surface area (Å²) in [5.74, 6) is 0. The molecule has 0 amide bonds. The Hall–Kier alpha value is -1.90. The molecule has 0 fully saturated rings. The minimum absolute atomic E-state index is 0.124. The monoisotopic (exact) mass is 217 g/mol. The van der Waals surface area contributed by atoms with E-state index in [0.29, 0.717) is 0 Å². The summed E-state index contributed by atoms with van der Waals surface area (Å²) in [7, 11) is 0. The molecule has 0 aliphatic heterocycles. The zero-order valence-corrected chi connectivity index (χ0v) is 9.30. The van der Waals surface area contributed by atoms with E-state index in [1.165, 1.54) is 12.1 Å². The van der Waals surface area contributed by atoms with Gasteiger partial charge in [-0.3, -0.25) is 10.1 Å². The lowest BCUT2D eigenvalue weighted by molar-refractivity contribution is -0.384. The number of rotatable bonds is 5. The molecule has 0 bridgehead atoms. The molecule has 84 valence electrons. The average Bonchev–Trinajstić information content (AvgIpc) is 2.29. The van der Waals surface area contributed by atoms with Crippen molar-refractivity contribution in [1.29, 1.82) is 0 Å². The fourth-order valence-corrected chi connectivity index (χ4v) is 1.22. The van der Waals surface area contributed by atoms with Crippen molar-refractivity contribution in [1.82, 2.24) is 0 Å². The van der Waals surface area contributed by atoms with Gasteiger partial charge >= 0.3 is 0 Å². The third-order valence-electron chi connectivity index (χ3n) is 2.10. The molecule has 0 atom stereocenters. The standard InChI is InChI=1S/C13H15NO2/c1-2-3-4-5-6-7-12-8-10-13(11-9-12)14(15)16/h4-11H,2-3H2,1H3/b5-4+,7-6-. The molecule has 0 N–H and O–H groups in total. The second kappa shape index (κ2) is 6.56. The van der Waals surface area contributed by atoms with Crippen molar-refractivity contribution < 1.29 is 4.92 Å². The molecule has 0 radical (unpaired) electrons. The zero-order chi connectivity index (χ0) is 11.8. The molecule has 3 heteroatoms. The van der Waals surface area contributed by atoms with E-state index < -0.39 is 4.92 Å². The molecule has 0 aliphatic rings. The van der Waals surface area contributed by atoms with Crippen LogP contribution in [0.15, 0.2) is 42.5 Å². The lowest BCUT2D eigenvalue weighted by Crippen LogP contribution is -1.86. The number of allylic oxidation sites excluding steroid dienone is 3. The molecule has 16 heavy (non-hydrogen) atoms. The van der Waals surface area contributed by atoms with E-state index in [-0.39, 0.29) is 5.69 Å². The van der Waals surface area contributed by atoms with Crippen LogP contribution in [0.2, 0.25) is 0 Å². The summed E-state index contributed by atoms with van der Waals surface area (Å²) in [5, 5.41) is 10.4. The van der Waals surface area contributed by atoms with Crippen LogP contribution in [0, 0.1) is 10.1 Å². The molecule has 0 aromatic heterocycles. The average molecular weight is 217 g/mol.